The van der Waals surface area contributed by atoms with Crippen molar-refractivity contribution in [1.29, 1.82) is 0 Å². The molecule has 0 rings (SSSR count). The van der Waals surface area contributed by atoms with Crippen molar-refractivity contribution >= 4 is 11.7 Å². The van der Waals surface area contributed by atoms with Gasteiger partial charge in [0.1, 0.15) is 5.78 Å². The van der Waals surface area contributed by atoms with E-state index in [1.165, 1.54) is 0 Å². The largest absolute Gasteiger partial charge is 0.549 e. The second-order valence-corrected chi connectivity index (χ2v) is 12.3. The summed E-state index contributed by atoms with van der Waals surface area (Å²) in [6.07, 6.45) is 2.43. The maximum Gasteiger partial charge on any atom is 0.194 e. The van der Waals surface area contributed by atoms with Crippen molar-refractivity contribution in [2.45, 2.75) is 107 Å². The zero-order valence-corrected chi connectivity index (χ0v) is 26.9. The van der Waals surface area contributed by atoms with E-state index in [0.29, 0.717) is 32.8 Å². The van der Waals surface area contributed by atoms with Crippen LogP contribution in [0, 0.1) is 22.9 Å². The van der Waals surface area contributed by atoms with Crippen LogP contribution in [0.5, 0.6) is 0 Å². The molecule has 6 nitrogen and oxygen atoms in total. The number of ketones is 1. The monoisotopic (exact) mass is 713 g/mol. The van der Waals surface area contributed by atoms with Crippen molar-refractivity contribution < 1.29 is 23.8 Å². The molecule has 0 spiro atoms. The SMILES string of the molecule is C[C-](CC(=O)N(C)CC(C)(C)COCC(C)(C)CC(=O)C(C)C)OCCC(C)(C)OC(C)C.[Cm]. The van der Waals surface area contributed by atoms with Gasteiger partial charge in [-0.25, -0.2) is 0 Å². The number of rotatable bonds is 17. The van der Waals surface area contributed by atoms with E-state index in [0.717, 1.165) is 12.5 Å². The van der Waals surface area contributed by atoms with Crippen LogP contribution in [-0.4, -0.2) is 61.7 Å². The summed E-state index contributed by atoms with van der Waals surface area (Å²) in [5.41, 5.74) is -0.650. The molecule has 0 N–H and O–H groups in total. The fourth-order valence-corrected chi connectivity index (χ4v) is 3.67. The minimum atomic E-state index is -0.254. The molecule has 204 valence electrons. The van der Waals surface area contributed by atoms with Crippen LogP contribution in [0.3, 0.4) is 0 Å². The molecule has 0 aromatic heterocycles. The van der Waals surface area contributed by atoms with E-state index in [9.17, 15) is 9.59 Å². The van der Waals surface area contributed by atoms with Crippen molar-refractivity contribution in [2.75, 3.05) is 33.4 Å². The van der Waals surface area contributed by atoms with E-state index in [4.69, 9.17) is 14.2 Å². The first-order valence-electron chi connectivity index (χ1n) is 12.3. The molecule has 0 aliphatic heterocycles. The smallest absolute Gasteiger partial charge is 0.194 e. The molecule has 0 heterocycles. The van der Waals surface area contributed by atoms with Gasteiger partial charge in [-0.05, 0) is 39.5 Å². The van der Waals surface area contributed by atoms with E-state index >= 15 is 0 Å². The van der Waals surface area contributed by atoms with Crippen LogP contribution in [0.2, 0.25) is 0 Å². The van der Waals surface area contributed by atoms with E-state index in [1.54, 1.807) is 4.90 Å². The van der Waals surface area contributed by atoms with E-state index in [-0.39, 0.29) is 46.6 Å². The van der Waals surface area contributed by atoms with Crippen LogP contribution in [0.25, 0.3) is 0 Å². The fraction of sp³-hybridized carbons (Fsp3) is 0.889. The zero-order valence-electron chi connectivity index (χ0n) is 23.9. The Morgan fingerprint density at radius 2 is 1.47 bits per heavy atom. The summed E-state index contributed by atoms with van der Waals surface area (Å²) in [4.78, 5) is 26.5. The van der Waals surface area contributed by atoms with Crippen LogP contribution in [0.4, 0.5) is 0 Å². The van der Waals surface area contributed by atoms with Crippen LogP contribution in [-0.2, 0) is 23.8 Å². The third-order valence-corrected chi connectivity index (χ3v) is 5.38. The van der Waals surface area contributed by atoms with Gasteiger partial charge < -0.3 is 19.1 Å². The number of hydrogen-bond acceptors (Lipinski definition) is 5. The molecule has 0 atom stereocenters. The van der Waals surface area contributed by atoms with Gasteiger partial charge in [-0.2, -0.15) is 13.0 Å². The predicted octanol–water partition coefficient (Wildman–Crippen LogP) is 5.68. The first kappa shape index (κ1) is 34.2. The Kier molecular flexibility index (Phi) is 14.5. The predicted molar refractivity (Wildman–Crippen MR) is 135 cm³/mol. The van der Waals surface area contributed by atoms with Gasteiger partial charge in [0.25, 0.3) is 0 Å². The molecule has 1 amide bonds. The summed E-state index contributed by atoms with van der Waals surface area (Å²) < 4.78 is 17.7. The molecule has 0 aliphatic rings. The molecule has 0 bridgehead atoms. The first-order chi connectivity index (χ1) is 14.9. The zero-order chi connectivity index (χ0) is 26.0. The molecule has 0 fully saturated rings. The summed E-state index contributed by atoms with van der Waals surface area (Å²) in [5, 5.41) is 0. The number of ether oxygens (including phenoxy) is 3. The first-order valence-corrected chi connectivity index (χ1v) is 12.3. The number of nitrogens with zero attached hydrogens (tertiary/aromatic N) is 1. The second kappa shape index (κ2) is 14.4. The number of Topliss-reactive ketones (excluding diaryl/α,β-unsaturated/α-hetero) is 1. The number of carbonyl (C=O) groups is 2. The molecule has 0 saturated heterocycles. The summed E-state index contributed by atoms with van der Waals surface area (Å²) in [6.45, 7) is 24.3. The Morgan fingerprint density at radius 1 is 0.941 bits per heavy atom. The van der Waals surface area contributed by atoms with Crippen molar-refractivity contribution in [3.63, 3.8) is 0 Å². The van der Waals surface area contributed by atoms with Crippen LogP contribution in [0.1, 0.15) is 95.4 Å². The number of amides is 1. The molecule has 34 heavy (non-hydrogen) atoms. The Hall–Kier alpha value is -1.98. The van der Waals surface area contributed by atoms with E-state index in [2.05, 4.69) is 41.5 Å². The van der Waals surface area contributed by atoms with E-state index in [1.807, 2.05) is 41.7 Å². The topological polar surface area (TPSA) is 65.1 Å². The Labute approximate surface area is 204 Å². The molecule has 0 radical (unpaired) electrons. The van der Waals surface area contributed by atoms with Crippen molar-refractivity contribution in [3.05, 3.63) is 6.10 Å². The molecular formula is C27H52CmNO5-. The Morgan fingerprint density at radius 3 is 1.97 bits per heavy atom. The third-order valence-electron chi connectivity index (χ3n) is 5.38. The molecule has 0 unspecified atom stereocenters. The maximum atomic E-state index is 12.7. The maximum absolute atomic E-state index is 12.7. The standard InChI is InChI=1S/C27H52NO5.Cm/c1-20(2)23(29)16-25(6,7)18-31-19-26(8,9)17-28(12)24(30)15-22(5)32-14-13-27(10,11)33-21(3)4;/h20-21H,13-19H2,1-12H3;/q-1;. The van der Waals surface area contributed by atoms with Gasteiger partial charge in [-0.1, -0.05) is 48.0 Å². The van der Waals surface area contributed by atoms with Crippen LogP contribution >= 0.6 is 0 Å². The summed E-state index contributed by atoms with van der Waals surface area (Å²) in [6, 6.07) is 0. The number of hydrogen-bond donors (Lipinski definition) is 0. The van der Waals surface area contributed by atoms with Crippen molar-refractivity contribution in [3.8, 4) is 0 Å². The average Bonchev–Trinajstić information content (AvgIpc) is 2.58. The average molecular weight is 718 g/mol. The van der Waals surface area contributed by atoms with Gasteiger partial charge in [0, 0.05) is 38.0 Å². The molecule has 0 aromatic carbocycles. The second-order valence-electron chi connectivity index (χ2n) is 12.3. The summed E-state index contributed by atoms with van der Waals surface area (Å²) in [7, 11) is 1.82. The van der Waals surface area contributed by atoms with Crippen molar-refractivity contribution in [1.82, 2.24) is 4.90 Å². The van der Waals surface area contributed by atoms with Gasteiger partial charge in [0.15, 0.2) is 5.91 Å². The molecule has 0 aliphatic carbocycles. The van der Waals surface area contributed by atoms with Gasteiger partial charge in [0.2, 0.25) is 0 Å². The normalized spacial score (nSPS) is 12.9. The summed E-state index contributed by atoms with van der Waals surface area (Å²) >= 11 is 0. The van der Waals surface area contributed by atoms with Gasteiger partial charge in [-0.15, -0.1) is 0 Å². The van der Waals surface area contributed by atoms with E-state index < -0.39 is 0 Å². The minimum absolute atomic E-state index is 0. The minimum Gasteiger partial charge on any atom is -0.549 e. The number of carbonyl (C=O) groups excluding carboxylic acids is 2. The molecule has 0 aromatic rings. The van der Waals surface area contributed by atoms with Gasteiger partial charge >= 0.3 is 0 Å². The van der Waals surface area contributed by atoms with Gasteiger partial charge in [-0.3, -0.25) is 9.59 Å². The third kappa shape index (κ3) is 15.8. The van der Waals surface area contributed by atoms with Crippen LogP contribution < -0.4 is 0 Å². The quantitative estimate of drug-likeness (QED) is 0.181. The van der Waals surface area contributed by atoms with Crippen LogP contribution in [0.15, 0.2) is 0 Å². The molecular weight excluding hydrogens is 665 g/mol. The van der Waals surface area contributed by atoms with Crippen molar-refractivity contribution in [2.24, 2.45) is 16.7 Å². The Balaban J connectivity index is 0. The fourth-order valence-electron chi connectivity index (χ4n) is 3.67. The Bertz CT molecular complexity index is 602. The summed E-state index contributed by atoms with van der Waals surface area (Å²) in [5.74, 6) is 0.337. The molecule has 7 heteroatoms. The van der Waals surface area contributed by atoms with Gasteiger partial charge in [0.05, 0.1) is 24.9 Å². The molecule has 0 saturated carbocycles.